The molecule has 2 N–H and O–H groups in total. The van der Waals surface area contributed by atoms with Crippen LogP contribution in [0.1, 0.15) is 27.9 Å². The van der Waals surface area contributed by atoms with Gasteiger partial charge in [-0.25, -0.2) is 0 Å². The van der Waals surface area contributed by atoms with E-state index in [-0.39, 0.29) is 12.2 Å². The maximum Gasteiger partial charge on any atom is 0.173 e. The molecule has 4 rings (SSSR count). The highest BCUT2D eigenvalue weighted by Crippen LogP contribution is 2.58. The molecule has 0 saturated heterocycles. The molecule has 1 aliphatic carbocycles. The molecule has 1 fully saturated rings. The standard InChI is InChI=1S/C27H26O5/c1-18-17-26(29,20-9-13-22(31-2)14-10-20)27(30,21-11-15-23(32-3)16-12-21)24(18)25(28)19-7-5-4-6-8-19/h4-16,24,29-30H,1,17H2,2-3H3/t24?,26-,27-/m0/s1. The fourth-order valence-corrected chi connectivity index (χ4v) is 4.68. The summed E-state index contributed by atoms with van der Waals surface area (Å²) in [5, 5.41) is 24.3. The highest BCUT2D eigenvalue weighted by molar-refractivity contribution is 6.01. The SMILES string of the molecule is C=C1C[C@](O)(c2ccc(OC)cc2)[C@](O)(c2ccc(OC)cc2)C1C(=O)c1ccccc1. The largest absolute Gasteiger partial charge is 0.497 e. The van der Waals surface area contributed by atoms with Gasteiger partial charge in [0.25, 0.3) is 0 Å². The number of carbonyl (C=O) groups is 1. The number of ketones is 1. The Hall–Kier alpha value is -3.41. The molecule has 3 aromatic carbocycles. The zero-order valence-electron chi connectivity index (χ0n) is 18.1. The zero-order valence-corrected chi connectivity index (χ0v) is 18.1. The average molecular weight is 431 g/mol. The van der Waals surface area contributed by atoms with Crippen molar-refractivity contribution in [3.8, 4) is 11.5 Å². The summed E-state index contributed by atoms with van der Waals surface area (Å²) in [4.78, 5) is 13.6. The molecule has 0 aromatic heterocycles. The van der Waals surface area contributed by atoms with E-state index in [2.05, 4.69) is 6.58 Å². The minimum Gasteiger partial charge on any atom is -0.497 e. The highest BCUT2D eigenvalue weighted by atomic mass is 16.5. The van der Waals surface area contributed by atoms with Gasteiger partial charge in [0.05, 0.1) is 20.1 Å². The number of ether oxygens (including phenoxy) is 2. The Kier molecular flexibility index (Phi) is 5.63. The van der Waals surface area contributed by atoms with Crippen molar-refractivity contribution in [2.75, 3.05) is 14.2 Å². The lowest BCUT2D eigenvalue weighted by Gasteiger charge is -2.41. The molecule has 1 aliphatic rings. The van der Waals surface area contributed by atoms with Crippen LogP contribution in [0.4, 0.5) is 0 Å². The van der Waals surface area contributed by atoms with E-state index in [1.54, 1.807) is 87.0 Å². The normalized spacial score (nSPS) is 24.9. The van der Waals surface area contributed by atoms with Crippen LogP contribution in [0, 0.1) is 5.92 Å². The lowest BCUT2D eigenvalue weighted by molar-refractivity contribution is -0.156. The van der Waals surface area contributed by atoms with Gasteiger partial charge < -0.3 is 19.7 Å². The Balaban J connectivity index is 1.91. The number of carbonyl (C=O) groups excluding carboxylic acids is 1. The van der Waals surface area contributed by atoms with Crippen molar-refractivity contribution < 1.29 is 24.5 Å². The van der Waals surface area contributed by atoms with Crippen LogP contribution in [-0.2, 0) is 11.2 Å². The van der Waals surface area contributed by atoms with Gasteiger partial charge in [-0.3, -0.25) is 4.79 Å². The fraction of sp³-hybridized carbons (Fsp3) is 0.222. The minimum atomic E-state index is -1.95. The second-order valence-corrected chi connectivity index (χ2v) is 8.08. The van der Waals surface area contributed by atoms with Crippen molar-refractivity contribution in [1.29, 1.82) is 0 Å². The number of Topliss-reactive ketones (excluding diaryl/α,β-unsaturated/α-hetero) is 1. The predicted octanol–water partition coefficient (Wildman–Crippen LogP) is 4.24. The number of hydrogen-bond donors (Lipinski definition) is 2. The summed E-state index contributed by atoms with van der Waals surface area (Å²) in [6.45, 7) is 4.10. The first-order valence-corrected chi connectivity index (χ1v) is 10.4. The van der Waals surface area contributed by atoms with Gasteiger partial charge in [-0.2, -0.15) is 0 Å². The van der Waals surface area contributed by atoms with Gasteiger partial charge in [-0.05, 0) is 35.4 Å². The summed E-state index contributed by atoms with van der Waals surface area (Å²) >= 11 is 0. The predicted molar refractivity (Wildman–Crippen MR) is 122 cm³/mol. The Morgan fingerprint density at radius 1 is 0.844 bits per heavy atom. The molecule has 0 spiro atoms. The van der Waals surface area contributed by atoms with Crippen LogP contribution in [0.25, 0.3) is 0 Å². The number of benzene rings is 3. The van der Waals surface area contributed by atoms with Crippen LogP contribution in [0.3, 0.4) is 0 Å². The molecule has 1 unspecified atom stereocenters. The topological polar surface area (TPSA) is 76.0 Å². The van der Waals surface area contributed by atoms with Gasteiger partial charge >= 0.3 is 0 Å². The molecule has 164 valence electrons. The average Bonchev–Trinajstić information content (AvgIpc) is 3.05. The molecule has 0 radical (unpaired) electrons. The van der Waals surface area contributed by atoms with Gasteiger partial charge in [0.15, 0.2) is 5.78 Å². The van der Waals surface area contributed by atoms with Crippen LogP contribution < -0.4 is 9.47 Å². The van der Waals surface area contributed by atoms with Crippen molar-refractivity contribution in [2.45, 2.75) is 17.6 Å². The second-order valence-electron chi connectivity index (χ2n) is 8.08. The summed E-state index contributed by atoms with van der Waals surface area (Å²) in [5.41, 5.74) is -1.93. The molecule has 0 amide bonds. The quantitative estimate of drug-likeness (QED) is 0.452. The fourth-order valence-electron chi connectivity index (χ4n) is 4.68. The monoisotopic (exact) mass is 430 g/mol. The first kappa shape index (κ1) is 21.8. The van der Waals surface area contributed by atoms with E-state index in [9.17, 15) is 15.0 Å². The van der Waals surface area contributed by atoms with Crippen molar-refractivity contribution >= 4 is 5.78 Å². The maximum atomic E-state index is 13.6. The number of aliphatic hydroxyl groups is 2. The molecule has 1 saturated carbocycles. The van der Waals surface area contributed by atoms with Crippen molar-refractivity contribution in [1.82, 2.24) is 0 Å². The Morgan fingerprint density at radius 3 is 1.84 bits per heavy atom. The van der Waals surface area contributed by atoms with E-state index >= 15 is 0 Å². The maximum absolute atomic E-state index is 13.6. The zero-order chi connectivity index (χ0) is 22.9. The molecule has 3 atom stereocenters. The van der Waals surface area contributed by atoms with Gasteiger partial charge in [0.1, 0.15) is 22.7 Å². The highest BCUT2D eigenvalue weighted by Gasteiger charge is 2.64. The Bertz CT molecular complexity index is 1120. The number of rotatable bonds is 6. The summed E-state index contributed by atoms with van der Waals surface area (Å²) in [7, 11) is 3.11. The third kappa shape index (κ3) is 3.30. The van der Waals surface area contributed by atoms with Crippen LogP contribution in [0.15, 0.2) is 91.0 Å². The van der Waals surface area contributed by atoms with E-state index in [0.29, 0.717) is 33.8 Å². The molecule has 0 aliphatic heterocycles. The van der Waals surface area contributed by atoms with E-state index in [1.807, 2.05) is 6.07 Å². The summed E-state index contributed by atoms with van der Waals surface area (Å²) in [6, 6.07) is 22.4. The van der Waals surface area contributed by atoms with E-state index in [0.717, 1.165) is 0 Å². The lowest BCUT2D eigenvalue weighted by atomic mass is 9.70. The van der Waals surface area contributed by atoms with Crippen LogP contribution in [0.5, 0.6) is 11.5 Å². The van der Waals surface area contributed by atoms with Gasteiger partial charge in [0, 0.05) is 12.0 Å². The second kappa shape index (κ2) is 8.26. The summed E-state index contributed by atoms with van der Waals surface area (Å²) < 4.78 is 10.5. The molecular weight excluding hydrogens is 404 g/mol. The van der Waals surface area contributed by atoms with E-state index in [1.165, 1.54) is 0 Å². The molecule has 3 aromatic rings. The lowest BCUT2D eigenvalue weighted by Crippen LogP contribution is -2.50. The first-order chi connectivity index (χ1) is 15.3. The van der Waals surface area contributed by atoms with Crippen molar-refractivity contribution in [3.05, 3.63) is 108 Å². The number of hydrogen-bond acceptors (Lipinski definition) is 5. The molecule has 5 heteroatoms. The first-order valence-electron chi connectivity index (χ1n) is 10.4. The Labute approximate surface area is 187 Å². The molecule has 0 bridgehead atoms. The van der Waals surface area contributed by atoms with E-state index < -0.39 is 17.1 Å². The van der Waals surface area contributed by atoms with Crippen molar-refractivity contribution in [3.63, 3.8) is 0 Å². The van der Waals surface area contributed by atoms with Crippen LogP contribution >= 0.6 is 0 Å². The van der Waals surface area contributed by atoms with Crippen molar-refractivity contribution in [2.24, 2.45) is 5.92 Å². The Morgan fingerprint density at radius 2 is 1.34 bits per heavy atom. The summed E-state index contributed by atoms with van der Waals surface area (Å²) in [5.74, 6) is -0.101. The smallest absolute Gasteiger partial charge is 0.173 e. The molecule has 0 heterocycles. The molecule has 5 nitrogen and oxygen atoms in total. The molecule has 32 heavy (non-hydrogen) atoms. The summed E-state index contributed by atoms with van der Waals surface area (Å²) in [6.07, 6.45) is 0.0328. The third-order valence-electron chi connectivity index (χ3n) is 6.36. The minimum absolute atomic E-state index is 0.0328. The van der Waals surface area contributed by atoms with Gasteiger partial charge in [-0.1, -0.05) is 66.7 Å². The molecular formula is C27H26O5. The van der Waals surface area contributed by atoms with Crippen LogP contribution in [0.2, 0.25) is 0 Å². The van der Waals surface area contributed by atoms with Crippen LogP contribution in [-0.4, -0.2) is 30.2 Å². The van der Waals surface area contributed by atoms with E-state index in [4.69, 9.17) is 9.47 Å². The van der Waals surface area contributed by atoms with Gasteiger partial charge in [0.2, 0.25) is 0 Å². The number of methoxy groups -OCH3 is 2. The third-order valence-corrected chi connectivity index (χ3v) is 6.36. The van der Waals surface area contributed by atoms with Gasteiger partial charge in [-0.15, -0.1) is 0 Å².